The molecule has 0 aliphatic heterocycles. The van der Waals surface area contributed by atoms with Gasteiger partial charge in [0.2, 0.25) is 0 Å². The first-order valence-corrected chi connectivity index (χ1v) is 6.75. The molecule has 0 amide bonds. The van der Waals surface area contributed by atoms with Crippen LogP contribution in [-0.4, -0.2) is 49.5 Å². The van der Waals surface area contributed by atoms with Crippen LogP contribution < -0.4 is 0 Å². The summed E-state index contributed by atoms with van der Waals surface area (Å²) in [4.78, 5) is 2.30. The fourth-order valence-electron chi connectivity index (χ4n) is 2.87. The molecule has 102 valence electrons. The van der Waals surface area contributed by atoms with Crippen LogP contribution in [0.5, 0.6) is 0 Å². The Morgan fingerprint density at radius 2 is 2.12 bits per heavy atom. The first kappa shape index (κ1) is 14.9. The van der Waals surface area contributed by atoms with Crippen molar-refractivity contribution in [1.82, 2.24) is 4.90 Å². The zero-order chi connectivity index (χ0) is 13.1. The van der Waals surface area contributed by atoms with E-state index in [-0.39, 0.29) is 11.5 Å². The number of methoxy groups -OCH3 is 1. The highest BCUT2D eigenvalue weighted by Gasteiger charge is 2.38. The molecule has 0 heterocycles. The Bertz CT molecular complexity index is 230. The quantitative estimate of drug-likeness (QED) is 0.803. The number of aliphatic hydroxyl groups is 1. The third-order valence-electron chi connectivity index (χ3n) is 4.33. The predicted octanol–water partition coefficient (Wildman–Crippen LogP) is 2.14. The second-order valence-electron chi connectivity index (χ2n) is 6.33. The van der Waals surface area contributed by atoms with Gasteiger partial charge in [-0.1, -0.05) is 20.3 Å². The van der Waals surface area contributed by atoms with E-state index < -0.39 is 0 Å². The summed E-state index contributed by atoms with van der Waals surface area (Å²) in [5, 5.41) is 10.4. The molecular formula is C14H29NO2. The van der Waals surface area contributed by atoms with Crippen molar-refractivity contribution in [3.8, 4) is 0 Å². The number of hydrogen-bond acceptors (Lipinski definition) is 3. The number of likely N-dealkylation sites (N-methyl/N-ethyl adjacent to an activating group) is 1. The predicted molar refractivity (Wildman–Crippen MR) is 71.1 cm³/mol. The smallest absolute Gasteiger partial charge is 0.0631 e. The minimum atomic E-state index is -0.173. The number of hydrogen-bond donors (Lipinski definition) is 1. The van der Waals surface area contributed by atoms with Gasteiger partial charge in [-0.15, -0.1) is 0 Å². The standard InChI is InChI=1S/C14H29NO2/c1-11(10-17-5)15(4)9-12-7-6-8-14(2,3)13(12)16/h11-13,16H,6-10H2,1-5H3. The highest BCUT2D eigenvalue weighted by Crippen LogP contribution is 2.39. The van der Waals surface area contributed by atoms with Crippen molar-refractivity contribution < 1.29 is 9.84 Å². The van der Waals surface area contributed by atoms with Gasteiger partial charge in [-0.05, 0) is 38.1 Å². The summed E-state index contributed by atoms with van der Waals surface area (Å²) < 4.78 is 5.18. The summed E-state index contributed by atoms with van der Waals surface area (Å²) in [6.45, 7) is 8.26. The van der Waals surface area contributed by atoms with Gasteiger partial charge in [0.15, 0.2) is 0 Å². The second kappa shape index (κ2) is 6.17. The van der Waals surface area contributed by atoms with Gasteiger partial charge in [0.1, 0.15) is 0 Å². The van der Waals surface area contributed by atoms with Crippen molar-refractivity contribution >= 4 is 0 Å². The van der Waals surface area contributed by atoms with Crippen LogP contribution in [0.2, 0.25) is 0 Å². The molecule has 3 atom stereocenters. The van der Waals surface area contributed by atoms with Crippen LogP contribution in [0, 0.1) is 11.3 Å². The molecule has 0 aromatic heterocycles. The second-order valence-corrected chi connectivity index (χ2v) is 6.33. The van der Waals surface area contributed by atoms with Gasteiger partial charge in [-0.25, -0.2) is 0 Å². The van der Waals surface area contributed by atoms with Gasteiger partial charge < -0.3 is 14.7 Å². The summed E-state index contributed by atoms with van der Waals surface area (Å²) in [6.07, 6.45) is 3.35. The fourth-order valence-corrected chi connectivity index (χ4v) is 2.87. The maximum Gasteiger partial charge on any atom is 0.0631 e. The van der Waals surface area contributed by atoms with Crippen molar-refractivity contribution in [3.63, 3.8) is 0 Å². The Labute approximate surface area is 106 Å². The monoisotopic (exact) mass is 243 g/mol. The first-order chi connectivity index (χ1) is 7.88. The number of aliphatic hydroxyl groups excluding tert-OH is 1. The molecule has 1 aliphatic carbocycles. The summed E-state index contributed by atoms with van der Waals surface area (Å²) >= 11 is 0. The van der Waals surface area contributed by atoms with Crippen LogP contribution in [0.1, 0.15) is 40.0 Å². The molecule has 3 heteroatoms. The number of rotatable bonds is 5. The van der Waals surface area contributed by atoms with E-state index in [1.165, 1.54) is 6.42 Å². The van der Waals surface area contributed by atoms with E-state index in [4.69, 9.17) is 4.74 Å². The Kier molecular flexibility index (Phi) is 5.42. The van der Waals surface area contributed by atoms with Gasteiger partial charge >= 0.3 is 0 Å². The SMILES string of the molecule is COCC(C)N(C)CC1CCCC(C)(C)C1O. The molecule has 0 radical (unpaired) electrons. The molecule has 1 fully saturated rings. The topological polar surface area (TPSA) is 32.7 Å². The van der Waals surface area contributed by atoms with Gasteiger partial charge in [-0.3, -0.25) is 0 Å². The lowest BCUT2D eigenvalue weighted by Gasteiger charge is -2.42. The minimum Gasteiger partial charge on any atom is -0.392 e. The number of ether oxygens (including phenoxy) is 1. The Balaban J connectivity index is 2.50. The summed E-state index contributed by atoms with van der Waals surface area (Å²) in [5.41, 5.74) is 0.0776. The van der Waals surface area contributed by atoms with Gasteiger partial charge in [0.05, 0.1) is 12.7 Å². The number of nitrogens with zero attached hydrogens (tertiary/aromatic N) is 1. The summed E-state index contributed by atoms with van der Waals surface area (Å²) in [7, 11) is 3.86. The van der Waals surface area contributed by atoms with E-state index in [1.807, 2.05) is 0 Å². The largest absolute Gasteiger partial charge is 0.392 e. The molecule has 3 nitrogen and oxygen atoms in total. The molecule has 1 rings (SSSR count). The average molecular weight is 243 g/mol. The van der Waals surface area contributed by atoms with Crippen LogP contribution in [0.4, 0.5) is 0 Å². The Hall–Kier alpha value is -0.120. The molecule has 0 spiro atoms. The highest BCUT2D eigenvalue weighted by molar-refractivity contribution is 4.89. The Morgan fingerprint density at radius 3 is 2.71 bits per heavy atom. The van der Waals surface area contributed by atoms with E-state index >= 15 is 0 Å². The average Bonchev–Trinajstić information content (AvgIpc) is 2.25. The molecular weight excluding hydrogens is 214 g/mol. The van der Waals surface area contributed by atoms with Crippen molar-refractivity contribution in [2.24, 2.45) is 11.3 Å². The maximum absolute atomic E-state index is 10.4. The fraction of sp³-hybridized carbons (Fsp3) is 1.00. The van der Waals surface area contributed by atoms with E-state index in [0.29, 0.717) is 12.0 Å². The molecule has 0 aromatic carbocycles. The molecule has 1 aliphatic rings. The summed E-state index contributed by atoms with van der Waals surface area (Å²) in [5.74, 6) is 0.406. The van der Waals surface area contributed by atoms with Gasteiger partial charge in [0, 0.05) is 19.7 Å². The molecule has 0 aromatic rings. The maximum atomic E-state index is 10.4. The first-order valence-electron chi connectivity index (χ1n) is 6.75. The molecule has 3 unspecified atom stereocenters. The van der Waals surface area contributed by atoms with E-state index in [0.717, 1.165) is 26.0 Å². The van der Waals surface area contributed by atoms with Crippen molar-refractivity contribution in [2.75, 3.05) is 27.3 Å². The minimum absolute atomic E-state index is 0.0776. The molecule has 17 heavy (non-hydrogen) atoms. The van der Waals surface area contributed by atoms with Gasteiger partial charge in [-0.2, -0.15) is 0 Å². The van der Waals surface area contributed by atoms with Crippen LogP contribution in [0.3, 0.4) is 0 Å². The molecule has 1 N–H and O–H groups in total. The lowest BCUT2D eigenvalue weighted by atomic mass is 9.69. The lowest BCUT2D eigenvalue weighted by molar-refractivity contribution is -0.0459. The van der Waals surface area contributed by atoms with Crippen LogP contribution in [0.25, 0.3) is 0 Å². The van der Waals surface area contributed by atoms with Crippen LogP contribution in [0.15, 0.2) is 0 Å². The van der Waals surface area contributed by atoms with Crippen molar-refractivity contribution in [2.45, 2.75) is 52.2 Å². The Morgan fingerprint density at radius 1 is 1.47 bits per heavy atom. The zero-order valence-electron chi connectivity index (χ0n) is 12.1. The van der Waals surface area contributed by atoms with E-state index in [2.05, 4.69) is 32.7 Å². The van der Waals surface area contributed by atoms with Crippen molar-refractivity contribution in [1.29, 1.82) is 0 Å². The highest BCUT2D eigenvalue weighted by atomic mass is 16.5. The third-order valence-corrected chi connectivity index (χ3v) is 4.33. The third kappa shape index (κ3) is 3.94. The molecule has 0 saturated heterocycles. The summed E-state index contributed by atoms with van der Waals surface area (Å²) in [6, 6.07) is 0.414. The van der Waals surface area contributed by atoms with Crippen LogP contribution >= 0.6 is 0 Å². The zero-order valence-corrected chi connectivity index (χ0v) is 12.1. The van der Waals surface area contributed by atoms with Crippen molar-refractivity contribution in [3.05, 3.63) is 0 Å². The molecule has 1 saturated carbocycles. The van der Waals surface area contributed by atoms with E-state index in [1.54, 1.807) is 7.11 Å². The molecule has 0 bridgehead atoms. The van der Waals surface area contributed by atoms with E-state index in [9.17, 15) is 5.11 Å². The lowest BCUT2D eigenvalue weighted by Crippen LogP contribution is -2.46. The normalized spacial score (nSPS) is 30.5. The van der Waals surface area contributed by atoms with Crippen LogP contribution in [-0.2, 0) is 4.74 Å². The van der Waals surface area contributed by atoms with Gasteiger partial charge in [0.25, 0.3) is 0 Å².